The lowest BCUT2D eigenvalue weighted by Crippen LogP contribution is -2.13. The van der Waals surface area contributed by atoms with Crippen LogP contribution in [0.2, 0.25) is 5.02 Å². The number of nitrogens with one attached hydrogen (secondary N) is 1. The van der Waals surface area contributed by atoms with Gasteiger partial charge in [0.15, 0.2) is 0 Å². The molecule has 0 saturated carbocycles. The molecule has 20 heavy (non-hydrogen) atoms. The van der Waals surface area contributed by atoms with E-state index in [1.165, 1.54) is 6.07 Å². The van der Waals surface area contributed by atoms with Crippen molar-refractivity contribution in [3.05, 3.63) is 73.2 Å². The fourth-order valence-corrected chi connectivity index (χ4v) is 2.61. The van der Waals surface area contributed by atoms with Crippen LogP contribution in [0.5, 0.6) is 0 Å². The van der Waals surface area contributed by atoms with Crippen molar-refractivity contribution in [1.82, 2.24) is 5.32 Å². The lowest BCUT2D eigenvalue weighted by molar-refractivity contribution is -0.384. The Morgan fingerprint density at radius 2 is 2.00 bits per heavy atom. The number of non-ortho nitro benzene ring substituents is 1. The Labute approximate surface area is 130 Å². The topological polar surface area (TPSA) is 55.2 Å². The van der Waals surface area contributed by atoms with Gasteiger partial charge < -0.3 is 5.32 Å². The highest BCUT2D eigenvalue weighted by Gasteiger charge is 2.05. The largest absolute Gasteiger partial charge is 0.309 e. The van der Waals surface area contributed by atoms with Gasteiger partial charge in [-0.3, -0.25) is 10.1 Å². The quantitative estimate of drug-likeness (QED) is 0.642. The molecule has 0 spiro atoms. The number of rotatable bonds is 5. The molecule has 2 aromatic rings. The maximum absolute atomic E-state index is 10.7. The van der Waals surface area contributed by atoms with E-state index in [1.54, 1.807) is 12.1 Å². The number of hydrogen-bond acceptors (Lipinski definition) is 3. The Balaban J connectivity index is 1.96. The fourth-order valence-electron chi connectivity index (χ4n) is 1.79. The number of nitro benzene ring substituents is 1. The van der Waals surface area contributed by atoms with Crippen LogP contribution in [0.4, 0.5) is 5.69 Å². The second-order valence-electron chi connectivity index (χ2n) is 4.27. The Hall–Kier alpha value is -1.43. The van der Waals surface area contributed by atoms with E-state index >= 15 is 0 Å². The molecule has 2 rings (SSSR count). The van der Waals surface area contributed by atoms with Crippen LogP contribution in [0.3, 0.4) is 0 Å². The lowest BCUT2D eigenvalue weighted by Gasteiger charge is -2.07. The van der Waals surface area contributed by atoms with Gasteiger partial charge in [0.05, 0.1) is 4.92 Å². The van der Waals surface area contributed by atoms with Gasteiger partial charge in [0.25, 0.3) is 5.69 Å². The van der Waals surface area contributed by atoms with Gasteiger partial charge in [-0.25, -0.2) is 0 Å². The van der Waals surface area contributed by atoms with E-state index in [-0.39, 0.29) is 10.6 Å². The van der Waals surface area contributed by atoms with E-state index in [9.17, 15) is 10.1 Å². The zero-order valence-corrected chi connectivity index (χ0v) is 12.8. The van der Waals surface area contributed by atoms with E-state index in [1.807, 2.05) is 24.3 Å². The van der Waals surface area contributed by atoms with Crippen molar-refractivity contribution in [3.8, 4) is 0 Å². The zero-order valence-electron chi connectivity index (χ0n) is 10.5. The number of nitrogens with zero attached hydrogens (tertiary/aromatic N) is 1. The summed E-state index contributed by atoms with van der Waals surface area (Å²) in [6, 6.07) is 12.2. The Morgan fingerprint density at radius 1 is 1.20 bits per heavy atom. The Morgan fingerprint density at radius 3 is 2.70 bits per heavy atom. The summed E-state index contributed by atoms with van der Waals surface area (Å²) in [5.74, 6) is 0. The van der Waals surface area contributed by atoms with Crippen molar-refractivity contribution in [2.45, 2.75) is 13.1 Å². The minimum Gasteiger partial charge on any atom is -0.309 e. The second-order valence-corrected chi connectivity index (χ2v) is 5.56. The monoisotopic (exact) mass is 354 g/mol. The SMILES string of the molecule is O=[N+]([O-])c1cccc(CNCc2ccc(Cl)cc2Br)c1. The third-order valence-electron chi connectivity index (χ3n) is 2.78. The summed E-state index contributed by atoms with van der Waals surface area (Å²) in [5, 5.41) is 14.6. The van der Waals surface area contributed by atoms with Crippen LogP contribution in [-0.4, -0.2) is 4.92 Å². The van der Waals surface area contributed by atoms with Crippen LogP contribution in [-0.2, 0) is 13.1 Å². The molecule has 0 heterocycles. The molecule has 104 valence electrons. The molecule has 0 saturated heterocycles. The smallest absolute Gasteiger partial charge is 0.269 e. The van der Waals surface area contributed by atoms with Crippen LogP contribution >= 0.6 is 27.5 Å². The molecule has 0 fully saturated rings. The van der Waals surface area contributed by atoms with E-state index in [2.05, 4.69) is 21.2 Å². The molecule has 0 unspecified atom stereocenters. The van der Waals surface area contributed by atoms with E-state index < -0.39 is 0 Å². The highest BCUT2D eigenvalue weighted by Crippen LogP contribution is 2.21. The molecule has 0 aliphatic heterocycles. The standard InChI is InChI=1S/C14H12BrClN2O2/c15-14-7-12(16)5-4-11(14)9-17-8-10-2-1-3-13(6-10)18(19)20/h1-7,17H,8-9H2. The van der Waals surface area contributed by atoms with E-state index in [4.69, 9.17) is 11.6 Å². The second kappa shape index (κ2) is 6.83. The average Bonchev–Trinajstić information content (AvgIpc) is 2.41. The van der Waals surface area contributed by atoms with Gasteiger partial charge in [-0.05, 0) is 23.3 Å². The summed E-state index contributed by atoms with van der Waals surface area (Å²) in [4.78, 5) is 10.3. The molecule has 0 radical (unpaired) electrons. The molecule has 0 bridgehead atoms. The first-order chi connectivity index (χ1) is 9.56. The predicted molar refractivity (Wildman–Crippen MR) is 82.8 cm³/mol. The first kappa shape index (κ1) is 15.0. The van der Waals surface area contributed by atoms with Crippen molar-refractivity contribution in [1.29, 1.82) is 0 Å². The molecular formula is C14H12BrClN2O2. The number of benzene rings is 2. The average molecular weight is 356 g/mol. The summed E-state index contributed by atoms with van der Waals surface area (Å²) < 4.78 is 0.941. The van der Waals surface area contributed by atoms with Crippen LogP contribution in [0.25, 0.3) is 0 Å². The summed E-state index contributed by atoms with van der Waals surface area (Å²) in [6.07, 6.45) is 0. The summed E-state index contributed by atoms with van der Waals surface area (Å²) in [5.41, 5.74) is 2.07. The van der Waals surface area contributed by atoms with Crippen molar-refractivity contribution in [2.75, 3.05) is 0 Å². The molecule has 0 atom stereocenters. The van der Waals surface area contributed by atoms with Crippen molar-refractivity contribution in [2.24, 2.45) is 0 Å². The number of nitro groups is 1. The molecule has 6 heteroatoms. The third-order valence-corrected chi connectivity index (χ3v) is 3.75. The van der Waals surface area contributed by atoms with Crippen molar-refractivity contribution < 1.29 is 4.92 Å². The molecule has 0 aromatic heterocycles. The van der Waals surface area contributed by atoms with Crippen LogP contribution in [0.15, 0.2) is 46.9 Å². The highest BCUT2D eigenvalue weighted by molar-refractivity contribution is 9.10. The number of hydrogen-bond donors (Lipinski definition) is 1. The van der Waals surface area contributed by atoms with E-state index in [0.29, 0.717) is 18.1 Å². The van der Waals surface area contributed by atoms with E-state index in [0.717, 1.165) is 15.6 Å². The number of halogens is 2. The maximum Gasteiger partial charge on any atom is 0.269 e. The fraction of sp³-hybridized carbons (Fsp3) is 0.143. The maximum atomic E-state index is 10.7. The minimum absolute atomic E-state index is 0.108. The van der Waals surface area contributed by atoms with Crippen molar-refractivity contribution >= 4 is 33.2 Å². The normalized spacial score (nSPS) is 10.5. The Bertz CT molecular complexity index is 634. The van der Waals surface area contributed by atoms with Gasteiger partial charge in [0.2, 0.25) is 0 Å². The third kappa shape index (κ3) is 4.03. The van der Waals surface area contributed by atoms with Gasteiger partial charge in [-0.1, -0.05) is 45.7 Å². The zero-order chi connectivity index (χ0) is 14.5. The summed E-state index contributed by atoms with van der Waals surface area (Å²) in [6.45, 7) is 1.22. The molecule has 2 aromatic carbocycles. The lowest BCUT2D eigenvalue weighted by atomic mass is 10.2. The van der Waals surface area contributed by atoms with Gasteiger partial charge in [0, 0.05) is 34.7 Å². The van der Waals surface area contributed by atoms with Crippen LogP contribution < -0.4 is 5.32 Å². The minimum atomic E-state index is -0.390. The summed E-state index contributed by atoms with van der Waals surface area (Å²) >= 11 is 9.33. The molecular weight excluding hydrogens is 344 g/mol. The molecule has 0 aliphatic rings. The molecule has 0 amide bonds. The van der Waals surface area contributed by atoms with Crippen LogP contribution in [0, 0.1) is 10.1 Å². The Kier molecular flexibility index (Phi) is 5.11. The molecule has 1 N–H and O–H groups in total. The molecule has 0 aliphatic carbocycles. The highest BCUT2D eigenvalue weighted by atomic mass is 79.9. The summed E-state index contributed by atoms with van der Waals surface area (Å²) in [7, 11) is 0. The predicted octanol–water partition coefficient (Wildman–Crippen LogP) is 4.30. The van der Waals surface area contributed by atoms with Gasteiger partial charge >= 0.3 is 0 Å². The van der Waals surface area contributed by atoms with Crippen molar-refractivity contribution in [3.63, 3.8) is 0 Å². The first-order valence-corrected chi connectivity index (χ1v) is 7.11. The van der Waals surface area contributed by atoms with Crippen LogP contribution in [0.1, 0.15) is 11.1 Å². The molecule has 4 nitrogen and oxygen atoms in total. The first-order valence-electron chi connectivity index (χ1n) is 5.94. The van der Waals surface area contributed by atoms with Gasteiger partial charge in [-0.15, -0.1) is 0 Å². The van der Waals surface area contributed by atoms with Gasteiger partial charge in [-0.2, -0.15) is 0 Å². The van der Waals surface area contributed by atoms with Gasteiger partial charge in [0.1, 0.15) is 0 Å².